The van der Waals surface area contributed by atoms with Crippen molar-refractivity contribution in [1.29, 1.82) is 0 Å². The lowest BCUT2D eigenvalue weighted by atomic mass is 9.72. The van der Waals surface area contributed by atoms with E-state index in [2.05, 4.69) is 54.7 Å². The highest BCUT2D eigenvalue weighted by Crippen LogP contribution is 2.56. The molecule has 134 valence electrons. The molecule has 0 radical (unpaired) electrons. The second-order valence-corrected chi connectivity index (χ2v) is 11.0. The summed E-state index contributed by atoms with van der Waals surface area (Å²) < 4.78 is 0. The quantitative estimate of drug-likeness (QED) is 0.329. The molecule has 0 saturated heterocycles. The van der Waals surface area contributed by atoms with E-state index in [1.807, 2.05) is 21.6 Å². The monoisotopic (exact) mass is 422 g/mol. The zero-order valence-corrected chi connectivity index (χ0v) is 18.0. The largest absolute Gasteiger partial charge is 0.167 e. The van der Waals surface area contributed by atoms with Gasteiger partial charge in [0.1, 0.15) is 0 Å². The van der Waals surface area contributed by atoms with E-state index in [-0.39, 0.29) is 5.25 Å². The van der Waals surface area contributed by atoms with Crippen LogP contribution in [0.25, 0.3) is 0 Å². The molecule has 0 aromatic rings. The van der Waals surface area contributed by atoms with Crippen LogP contribution in [0.1, 0.15) is 12.8 Å². The van der Waals surface area contributed by atoms with Crippen molar-refractivity contribution in [2.24, 2.45) is 5.92 Å². The van der Waals surface area contributed by atoms with Crippen LogP contribution < -0.4 is 0 Å². The molecule has 0 aromatic heterocycles. The average Bonchev–Trinajstić information content (AvgIpc) is 3.04. The van der Waals surface area contributed by atoms with E-state index < -0.39 is 0 Å². The summed E-state index contributed by atoms with van der Waals surface area (Å²) in [6.45, 7) is 0. The van der Waals surface area contributed by atoms with E-state index in [0.717, 1.165) is 17.7 Å². The normalized spacial score (nSPS) is 36.2. The Morgan fingerprint density at radius 3 is 2.74 bits per heavy atom. The lowest BCUT2D eigenvalue weighted by Gasteiger charge is -2.35. The predicted octanol–water partition coefficient (Wildman–Crippen LogP) is 6.70. The fraction of sp³-hybridized carbons (Fsp3) is 0.217. The molecule has 27 heavy (non-hydrogen) atoms. The summed E-state index contributed by atoms with van der Waals surface area (Å²) in [6, 6.07) is 0. The van der Waals surface area contributed by atoms with Crippen molar-refractivity contribution in [3.8, 4) is 0 Å². The van der Waals surface area contributed by atoms with Crippen molar-refractivity contribution < 1.29 is 0 Å². The molecule has 0 saturated carbocycles. The highest BCUT2D eigenvalue weighted by Gasteiger charge is 2.37. The third-order valence-electron chi connectivity index (χ3n) is 6.02. The van der Waals surface area contributed by atoms with E-state index in [1.165, 1.54) is 33.4 Å². The number of allylic oxidation sites excluding steroid dienone is 13. The topological polar surface area (TPSA) is 0 Å². The van der Waals surface area contributed by atoms with Gasteiger partial charge in [-0.1, -0.05) is 76.3 Å². The molecule has 1 aliphatic heterocycles. The Bertz CT molecular complexity index is 1050. The van der Waals surface area contributed by atoms with Gasteiger partial charge in [0.25, 0.3) is 0 Å². The van der Waals surface area contributed by atoms with E-state index in [9.17, 15) is 0 Å². The van der Waals surface area contributed by atoms with Crippen molar-refractivity contribution in [2.45, 2.75) is 23.3 Å². The second-order valence-electron chi connectivity index (χ2n) is 7.53. The van der Waals surface area contributed by atoms with Gasteiger partial charge in [0.15, 0.2) is 0 Å². The van der Waals surface area contributed by atoms with Crippen molar-refractivity contribution in [1.82, 2.24) is 0 Å². The van der Waals surface area contributed by atoms with Gasteiger partial charge in [0.2, 0.25) is 0 Å². The summed E-state index contributed by atoms with van der Waals surface area (Å²) in [5, 5.41) is 0.615. The highest BCUT2D eigenvalue weighted by molar-refractivity contribution is 8.79. The Labute approximate surface area is 178 Å². The first-order valence-corrected chi connectivity index (χ1v) is 12.5. The number of hydrogen-bond acceptors (Lipinski definition) is 4. The molecule has 0 nitrogen and oxygen atoms in total. The van der Waals surface area contributed by atoms with Crippen LogP contribution in [-0.2, 0) is 0 Å². The lowest BCUT2D eigenvalue weighted by Crippen LogP contribution is -2.22. The first-order chi connectivity index (χ1) is 13.2. The average molecular weight is 423 g/mol. The zero-order chi connectivity index (χ0) is 18.1. The minimum absolute atomic E-state index is 0.111. The van der Waals surface area contributed by atoms with Crippen LogP contribution in [0.2, 0.25) is 0 Å². The molecule has 0 spiro atoms. The van der Waals surface area contributed by atoms with E-state index >= 15 is 0 Å². The lowest BCUT2D eigenvalue weighted by molar-refractivity contribution is 0.889. The molecule has 5 aliphatic carbocycles. The van der Waals surface area contributed by atoms with E-state index in [4.69, 9.17) is 25.3 Å². The summed E-state index contributed by atoms with van der Waals surface area (Å²) in [4.78, 5) is 2.59. The SMILES string of the molecule is SC1=C2C3=C(C=CC2S)C2=C4CC(=C/C3C=C1)/C=C\CC1=C4C(C=C2)SS1. The number of fused-ring (bicyclic) bond motifs is 2. The molecule has 0 amide bonds. The molecule has 0 fully saturated rings. The summed E-state index contributed by atoms with van der Waals surface area (Å²) in [5.41, 5.74) is 9.99. The van der Waals surface area contributed by atoms with Gasteiger partial charge in [-0.15, -0.1) is 12.6 Å². The molecular formula is C23H18S4. The van der Waals surface area contributed by atoms with Gasteiger partial charge in [-0.05, 0) is 51.9 Å². The maximum atomic E-state index is 4.85. The maximum Gasteiger partial charge on any atom is 0.0599 e. The van der Waals surface area contributed by atoms with Crippen molar-refractivity contribution >= 4 is 46.8 Å². The molecular weight excluding hydrogens is 405 g/mol. The molecule has 6 rings (SSSR count). The Morgan fingerprint density at radius 2 is 1.81 bits per heavy atom. The molecule has 3 unspecified atom stereocenters. The molecule has 2 bridgehead atoms. The summed E-state index contributed by atoms with van der Waals surface area (Å²) >= 11 is 9.64. The van der Waals surface area contributed by atoms with Crippen LogP contribution in [0.4, 0.5) is 0 Å². The molecule has 3 atom stereocenters. The van der Waals surface area contributed by atoms with Crippen molar-refractivity contribution in [2.75, 3.05) is 0 Å². The third kappa shape index (κ3) is 2.50. The molecule has 0 aromatic carbocycles. The van der Waals surface area contributed by atoms with Crippen LogP contribution in [0.15, 0.2) is 104 Å². The van der Waals surface area contributed by atoms with Gasteiger partial charge in [-0.3, -0.25) is 0 Å². The van der Waals surface area contributed by atoms with Crippen LogP contribution in [0.5, 0.6) is 0 Å². The first kappa shape index (κ1) is 17.0. The van der Waals surface area contributed by atoms with Gasteiger partial charge in [0, 0.05) is 21.0 Å². The van der Waals surface area contributed by atoms with Gasteiger partial charge in [0.05, 0.1) is 5.25 Å². The first-order valence-electron chi connectivity index (χ1n) is 9.28. The molecule has 4 heteroatoms. The van der Waals surface area contributed by atoms with Crippen LogP contribution >= 0.6 is 46.8 Å². The Hall–Kier alpha value is -0.940. The maximum absolute atomic E-state index is 4.85. The van der Waals surface area contributed by atoms with E-state index in [0.29, 0.717) is 11.2 Å². The van der Waals surface area contributed by atoms with Crippen LogP contribution in [-0.4, -0.2) is 10.5 Å². The van der Waals surface area contributed by atoms with Crippen molar-refractivity contribution in [3.63, 3.8) is 0 Å². The predicted molar refractivity (Wildman–Crippen MR) is 126 cm³/mol. The van der Waals surface area contributed by atoms with Crippen LogP contribution in [0, 0.1) is 5.92 Å². The second kappa shape index (κ2) is 6.28. The summed E-state index contributed by atoms with van der Waals surface area (Å²) in [6.07, 6.45) is 23.0. The number of rotatable bonds is 0. The number of hydrogen-bond donors (Lipinski definition) is 2. The molecule has 0 N–H and O–H groups in total. The number of thiol groups is 2. The fourth-order valence-electron chi connectivity index (χ4n) is 4.85. The highest BCUT2D eigenvalue weighted by atomic mass is 33.1. The van der Waals surface area contributed by atoms with E-state index in [1.54, 1.807) is 10.5 Å². The van der Waals surface area contributed by atoms with Gasteiger partial charge >= 0.3 is 0 Å². The Morgan fingerprint density at radius 1 is 0.926 bits per heavy atom. The van der Waals surface area contributed by atoms with Gasteiger partial charge in [-0.25, -0.2) is 0 Å². The summed E-state index contributed by atoms with van der Waals surface area (Å²) in [5.74, 6) is 0.297. The van der Waals surface area contributed by atoms with Crippen LogP contribution in [0.3, 0.4) is 0 Å². The van der Waals surface area contributed by atoms with Crippen molar-refractivity contribution in [3.05, 3.63) is 104 Å². The Balaban J connectivity index is 1.70. The molecule has 1 heterocycles. The Kier molecular flexibility index (Phi) is 3.95. The minimum Gasteiger partial charge on any atom is -0.167 e. The fourth-order valence-corrected chi connectivity index (χ4v) is 8.60. The standard InChI is InChI=1S/C23H18S4/c24-17-7-4-13-10-12-2-1-3-19-22-16(11-12)14(6-9-20(22)27-26-19)15-5-8-18(25)23(17)21(13)15/h1-2,4-10,13,18,20,24-25H,3,11H2/b2-1-,12-10+. The smallest absolute Gasteiger partial charge is 0.0599 e. The zero-order valence-electron chi connectivity index (χ0n) is 14.6. The minimum atomic E-state index is 0.111. The third-order valence-corrected chi connectivity index (χ3v) is 9.64. The molecule has 6 aliphatic rings. The summed E-state index contributed by atoms with van der Waals surface area (Å²) in [7, 11) is 3.97. The van der Waals surface area contributed by atoms with Gasteiger partial charge in [-0.2, -0.15) is 12.6 Å². The van der Waals surface area contributed by atoms with Gasteiger partial charge < -0.3 is 0 Å².